The molecule has 2 fully saturated rings. The quantitative estimate of drug-likeness (QED) is 0.647. The first-order valence-corrected chi connectivity index (χ1v) is 7.76. The Bertz CT molecular complexity index is 299. The van der Waals surface area contributed by atoms with Gasteiger partial charge in [0, 0.05) is 25.2 Å². The summed E-state index contributed by atoms with van der Waals surface area (Å²) in [5.41, 5.74) is 0. The fourth-order valence-corrected chi connectivity index (χ4v) is 2.52. The van der Waals surface area contributed by atoms with Gasteiger partial charge in [0.05, 0.1) is 6.61 Å². The maximum atomic E-state index is 12.0. The topological polar surface area (TPSA) is 41.6 Å². The summed E-state index contributed by atoms with van der Waals surface area (Å²) >= 11 is 0. The largest absolute Gasteiger partial charge is 0.465 e. The van der Waals surface area contributed by atoms with Gasteiger partial charge in [0.1, 0.15) is 6.04 Å². The van der Waals surface area contributed by atoms with Crippen LogP contribution in [0.3, 0.4) is 0 Å². The highest BCUT2D eigenvalue weighted by Gasteiger charge is 2.36. The molecule has 0 spiro atoms. The molecule has 0 amide bonds. The van der Waals surface area contributed by atoms with Crippen LogP contribution in [0.2, 0.25) is 0 Å². The lowest BCUT2D eigenvalue weighted by Gasteiger charge is -2.28. The van der Waals surface area contributed by atoms with E-state index >= 15 is 0 Å². The standard InChI is InChI=1S/C15H28N2O2/c1-4-19-15(18)14(16-11(2)3)10-17(13-7-8-13)9-12-5-6-12/h11-14,16H,4-10H2,1-3H3. The molecule has 1 atom stereocenters. The molecular formula is C15H28N2O2. The van der Waals surface area contributed by atoms with Crippen LogP contribution in [0.25, 0.3) is 0 Å². The van der Waals surface area contributed by atoms with Crippen molar-refractivity contribution in [3.05, 3.63) is 0 Å². The second kappa shape index (κ2) is 6.71. The zero-order valence-corrected chi connectivity index (χ0v) is 12.5. The van der Waals surface area contributed by atoms with Crippen LogP contribution in [0, 0.1) is 5.92 Å². The number of esters is 1. The van der Waals surface area contributed by atoms with Crippen molar-refractivity contribution in [1.82, 2.24) is 10.2 Å². The molecule has 0 heterocycles. The third kappa shape index (κ3) is 5.11. The number of carbonyl (C=O) groups is 1. The Hall–Kier alpha value is -0.610. The molecular weight excluding hydrogens is 240 g/mol. The van der Waals surface area contributed by atoms with E-state index in [1.54, 1.807) is 0 Å². The van der Waals surface area contributed by atoms with Crippen LogP contribution >= 0.6 is 0 Å². The van der Waals surface area contributed by atoms with Gasteiger partial charge in [0.2, 0.25) is 0 Å². The molecule has 1 unspecified atom stereocenters. The van der Waals surface area contributed by atoms with Crippen molar-refractivity contribution >= 4 is 5.97 Å². The Labute approximate surface area is 116 Å². The molecule has 0 aromatic rings. The number of carbonyl (C=O) groups excluding carboxylic acids is 1. The van der Waals surface area contributed by atoms with Crippen LogP contribution in [-0.2, 0) is 9.53 Å². The number of ether oxygens (including phenoxy) is 1. The first-order chi connectivity index (χ1) is 9.10. The summed E-state index contributed by atoms with van der Waals surface area (Å²) in [4.78, 5) is 14.6. The van der Waals surface area contributed by atoms with Crippen LogP contribution in [0.5, 0.6) is 0 Å². The molecule has 0 radical (unpaired) electrons. The first-order valence-electron chi connectivity index (χ1n) is 7.76. The third-order valence-corrected chi connectivity index (χ3v) is 3.78. The minimum Gasteiger partial charge on any atom is -0.465 e. The fourth-order valence-electron chi connectivity index (χ4n) is 2.52. The van der Waals surface area contributed by atoms with Crippen LogP contribution in [-0.4, -0.2) is 48.7 Å². The maximum Gasteiger partial charge on any atom is 0.324 e. The monoisotopic (exact) mass is 268 g/mol. The molecule has 2 aliphatic carbocycles. The summed E-state index contributed by atoms with van der Waals surface area (Å²) in [5, 5.41) is 3.35. The van der Waals surface area contributed by atoms with E-state index in [0.717, 1.165) is 12.5 Å². The Balaban J connectivity index is 1.89. The molecule has 110 valence electrons. The second-order valence-corrected chi connectivity index (χ2v) is 6.25. The van der Waals surface area contributed by atoms with Crippen molar-refractivity contribution in [1.29, 1.82) is 0 Å². The van der Waals surface area contributed by atoms with Crippen molar-refractivity contribution < 1.29 is 9.53 Å². The average molecular weight is 268 g/mol. The molecule has 0 aromatic heterocycles. The van der Waals surface area contributed by atoms with E-state index in [4.69, 9.17) is 4.74 Å². The summed E-state index contributed by atoms with van der Waals surface area (Å²) in [6.45, 7) is 8.45. The van der Waals surface area contributed by atoms with Gasteiger partial charge in [-0.1, -0.05) is 13.8 Å². The lowest BCUT2D eigenvalue weighted by molar-refractivity contribution is -0.146. The van der Waals surface area contributed by atoms with Crippen molar-refractivity contribution in [3.63, 3.8) is 0 Å². The molecule has 0 bridgehead atoms. The zero-order chi connectivity index (χ0) is 13.8. The van der Waals surface area contributed by atoms with Crippen molar-refractivity contribution in [2.24, 2.45) is 5.92 Å². The van der Waals surface area contributed by atoms with Crippen molar-refractivity contribution in [2.45, 2.75) is 64.6 Å². The normalized spacial score (nSPS) is 20.9. The van der Waals surface area contributed by atoms with Gasteiger partial charge in [0.15, 0.2) is 0 Å². The van der Waals surface area contributed by atoms with E-state index in [-0.39, 0.29) is 12.0 Å². The Morgan fingerprint density at radius 1 is 1.32 bits per heavy atom. The summed E-state index contributed by atoms with van der Waals surface area (Å²) in [6.07, 6.45) is 5.32. The maximum absolute atomic E-state index is 12.0. The van der Waals surface area contributed by atoms with E-state index < -0.39 is 0 Å². The minimum absolute atomic E-state index is 0.0994. The smallest absolute Gasteiger partial charge is 0.324 e. The highest BCUT2D eigenvalue weighted by molar-refractivity contribution is 5.76. The summed E-state index contributed by atoms with van der Waals surface area (Å²) in [6, 6.07) is 0.835. The van der Waals surface area contributed by atoms with Gasteiger partial charge >= 0.3 is 5.97 Å². The molecule has 0 aliphatic heterocycles. The van der Waals surface area contributed by atoms with Crippen LogP contribution in [0.15, 0.2) is 0 Å². The van der Waals surface area contributed by atoms with Gasteiger partial charge in [-0.3, -0.25) is 9.69 Å². The van der Waals surface area contributed by atoms with E-state index in [9.17, 15) is 4.79 Å². The number of hydrogen-bond donors (Lipinski definition) is 1. The zero-order valence-electron chi connectivity index (χ0n) is 12.5. The highest BCUT2D eigenvalue weighted by atomic mass is 16.5. The Kier molecular flexibility index (Phi) is 5.22. The molecule has 19 heavy (non-hydrogen) atoms. The summed E-state index contributed by atoms with van der Waals surface area (Å²) in [5.74, 6) is 0.778. The molecule has 4 nitrogen and oxygen atoms in total. The lowest BCUT2D eigenvalue weighted by atomic mass is 10.2. The van der Waals surface area contributed by atoms with E-state index in [1.165, 1.54) is 32.2 Å². The highest BCUT2D eigenvalue weighted by Crippen LogP contribution is 2.34. The van der Waals surface area contributed by atoms with Gasteiger partial charge in [-0.05, 0) is 38.5 Å². The molecule has 1 N–H and O–H groups in total. The third-order valence-electron chi connectivity index (χ3n) is 3.78. The van der Waals surface area contributed by atoms with Gasteiger partial charge < -0.3 is 10.1 Å². The first kappa shape index (κ1) is 14.8. The molecule has 2 rings (SSSR count). The second-order valence-electron chi connectivity index (χ2n) is 6.25. The molecule has 0 aromatic carbocycles. The Morgan fingerprint density at radius 3 is 2.47 bits per heavy atom. The minimum atomic E-state index is -0.181. The number of nitrogens with one attached hydrogen (secondary N) is 1. The van der Waals surface area contributed by atoms with Crippen LogP contribution < -0.4 is 5.32 Å². The number of rotatable bonds is 9. The average Bonchev–Trinajstić information content (AvgIpc) is 3.20. The van der Waals surface area contributed by atoms with Gasteiger partial charge in [-0.25, -0.2) is 0 Å². The van der Waals surface area contributed by atoms with Crippen LogP contribution in [0.1, 0.15) is 46.5 Å². The number of hydrogen-bond acceptors (Lipinski definition) is 4. The number of nitrogens with zero attached hydrogens (tertiary/aromatic N) is 1. The lowest BCUT2D eigenvalue weighted by Crippen LogP contribution is -2.50. The van der Waals surface area contributed by atoms with Gasteiger partial charge in [0.25, 0.3) is 0 Å². The molecule has 0 saturated heterocycles. The fraction of sp³-hybridized carbons (Fsp3) is 0.933. The van der Waals surface area contributed by atoms with E-state index in [1.807, 2.05) is 6.92 Å². The van der Waals surface area contributed by atoms with Crippen molar-refractivity contribution in [3.8, 4) is 0 Å². The van der Waals surface area contributed by atoms with E-state index in [0.29, 0.717) is 18.7 Å². The predicted octanol–water partition coefficient (Wildman–Crippen LogP) is 1.79. The van der Waals surface area contributed by atoms with Gasteiger partial charge in [-0.2, -0.15) is 0 Å². The molecule has 2 saturated carbocycles. The Morgan fingerprint density at radius 2 is 2.00 bits per heavy atom. The molecule has 4 heteroatoms. The van der Waals surface area contributed by atoms with Crippen molar-refractivity contribution in [2.75, 3.05) is 19.7 Å². The van der Waals surface area contributed by atoms with Gasteiger partial charge in [-0.15, -0.1) is 0 Å². The summed E-state index contributed by atoms with van der Waals surface area (Å²) < 4.78 is 5.20. The SMILES string of the molecule is CCOC(=O)C(CN(CC1CC1)C1CC1)NC(C)C. The van der Waals surface area contributed by atoms with Crippen LogP contribution in [0.4, 0.5) is 0 Å². The predicted molar refractivity (Wildman–Crippen MR) is 76.0 cm³/mol. The molecule has 2 aliphatic rings. The van der Waals surface area contributed by atoms with E-state index in [2.05, 4.69) is 24.1 Å². The summed E-state index contributed by atoms with van der Waals surface area (Å²) in [7, 11) is 0.